The molecule has 10 heteroatoms. The number of hydrogen-bond donors (Lipinski definition) is 2. The van der Waals surface area contributed by atoms with Gasteiger partial charge in [-0.25, -0.2) is 12.8 Å². The molecule has 0 saturated carbocycles. The number of carbonyl (C=O) groups is 1. The van der Waals surface area contributed by atoms with Crippen molar-refractivity contribution in [3.8, 4) is 0 Å². The first kappa shape index (κ1) is 22.9. The molecule has 1 aliphatic rings. The average molecular weight is 474 g/mol. The van der Waals surface area contributed by atoms with Crippen LogP contribution in [0.5, 0.6) is 0 Å². The SMILES string of the molecule is CC1CN(C(=O)c2cc(=O)[nH]c3ccc(S(=O)(=O)Nc4ccc(F)cc4)cc23)CC(C)(C)O1. The van der Waals surface area contributed by atoms with Crippen molar-refractivity contribution in [2.45, 2.75) is 37.4 Å². The lowest BCUT2D eigenvalue weighted by molar-refractivity contribution is -0.118. The van der Waals surface area contributed by atoms with E-state index < -0.39 is 27.0 Å². The molecule has 2 N–H and O–H groups in total. The van der Waals surface area contributed by atoms with E-state index >= 15 is 0 Å². The van der Waals surface area contributed by atoms with Crippen LogP contribution >= 0.6 is 0 Å². The van der Waals surface area contributed by atoms with Gasteiger partial charge in [0.2, 0.25) is 5.56 Å². The second-order valence-corrected chi connectivity index (χ2v) is 10.4. The van der Waals surface area contributed by atoms with E-state index in [-0.39, 0.29) is 28.2 Å². The number of nitrogens with one attached hydrogen (secondary N) is 2. The Hall–Kier alpha value is -3.24. The van der Waals surface area contributed by atoms with Gasteiger partial charge in [-0.15, -0.1) is 0 Å². The van der Waals surface area contributed by atoms with Crippen molar-refractivity contribution in [1.82, 2.24) is 9.88 Å². The van der Waals surface area contributed by atoms with E-state index in [0.717, 1.165) is 12.1 Å². The number of rotatable bonds is 4. The van der Waals surface area contributed by atoms with Crippen molar-refractivity contribution in [3.63, 3.8) is 0 Å². The maximum Gasteiger partial charge on any atom is 0.261 e. The Morgan fingerprint density at radius 3 is 2.55 bits per heavy atom. The van der Waals surface area contributed by atoms with E-state index in [1.807, 2.05) is 20.8 Å². The summed E-state index contributed by atoms with van der Waals surface area (Å²) in [6.07, 6.45) is -0.193. The Morgan fingerprint density at radius 2 is 1.88 bits per heavy atom. The lowest BCUT2D eigenvalue weighted by Gasteiger charge is -2.41. The standard InChI is InChI=1S/C23H24FN3O5S/c1-14-12-27(13-23(2,3)32-14)22(29)19-11-21(28)25-20-9-8-17(10-18(19)20)33(30,31)26-16-6-4-15(24)5-7-16/h4-11,14,26H,12-13H2,1-3H3,(H,25,28). The number of sulfonamides is 1. The zero-order valence-electron chi connectivity index (χ0n) is 18.4. The highest BCUT2D eigenvalue weighted by molar-refractivity contribution is 7.92. The van der Waals surface area contributed by atoms with Crippen LogP contribution < -0.4 is 10.3 Å². The van der Waals surface area contributed by atoms with Crippen LogP contribution in [0.15, 0.2) is 58.2 Å². The number of amides is 1. The smallest absolute Gasteiger partial charge is 0.261 e. The van der Waals surface area contributed by atoms with Gasteiger partial charge in [0.05, 0.1) is 22.2 Å². The number of aromatic amines is 1. The zero-order valence-corrected chi connectivity index (χ0v) is 19.2. The summed E-state index contributed by atoms with van der Waals surface area (Å²) in [4.78, 5) is 29.8. The van der Waals surface area contributed by atoms with E-state index in [1.165, 1.54) is 36.4 Å². The molecule has 1 unspecified atom stereocenters. The topological polar surface area (TPSA) is 109 Å². The zero-order chi connectivity index (χ0) is 24.0. The van der Waals surface area contributed by atoms with Crippen LogP contribution in [-0.4, -0.2) is 49.0 Å². The van der Waals surface area contributed by atoms with Gasteiger partial charge in [0.25, 0.3) is 15.9 Å². The summed E-state index contributed by atoms with van der Waals surface area (Å²) in [6, 6.07) is 10.2. The van der Waals surface area contributed by atoms with Gasteiger partial charge in [0.1, 0.15) is 5.82 Å². The van der Waals surface area contributed by atoms with Crippen LogP contribution in [0.25, 0.3) is 10.9 Å². The van der Waals surface area contributed by atoms with Crippen molar-refractivity contribution in [3.05, 3.63) is 70.3 Å². The molecule has 2 heterocycles. The number of benzene rings is 2. The summed E-state index contributed by atoms with van der Waals surface area (Å²) >= 11 is 0. The number of anilines is 1. The maximum atomic E-state index is 13.4. The number of carbonyl (C=O) groups excluding carboxylic acids is 1. The molecule has 0 aliphatic carbocycles. The molecule has 1 atom stereocenters. The average Bonchev–Trinajstić information content (AvgIpc) is 2.72. The summed E-state index contributed by atoms with van der Waals surface area (Å²) < 4.78 is 47.2. The fraction of sp³-hybridized carbons (Fsp3) is 0.304. The van der Waals surface area contributed by atoms with Gasteiger partial charge in [-0.1, -0.05) is 0 Å². The van der Waals surface area contributed by atoms with Gasteiger partial charge in [-0.2, -0.15) is 0 Å². The van der Waals surface area contributed by atoms with Gasteiger partial charge in [0.15, 0.2) is 0 Å². The minimum atomic E-state index is -4.03. The third-order valence-corrected chi connectivity index (χ3v) is 6.69. The second kappa shape index (κ2) is 8.27. The summed E-state index contributed by atoms with van der Waals surface area (Å²) in [5, 5.41) is 0.304. The number of H-pyrrole nitrogens is 1. The lowest BCUT2D eigenvalue weighted by atomic mass is 10.0. The molecule has 4 rings (SSSR count). The van der Waals surface area contributed by atoms with Crippen LogP contribution in [0, 0.1) is 5.82 Å². The van der Waals surface area contributed by atoms with E-state index in [1.54, 1.807) is 4.90 Å². The van der Waals surface area contributed by atoms with Crippen LogP contribution in [0.2, 0.25) is 0 Å². The van der Waals surface area contributed by atoms with Gasteiger partial charge in [0, 0.05) is 35.7 Å². The predicted octanol–water partition coefficient (Wildman–Crippen LogP) is 3.11. The first-order valence-electron chi connectivity index (χ1n) is 10.4. The summed E-state index contributed by atoms with van der Waals surface area (Å²) in [7, 11) is -4.03. The third kappa shape index (κ3) is 4.91. The quantitative estimate of drug-likeness (QED) is 0.605. The number of halogens is 1. The Kier molecular flexibility index (Phi) is 5.75. The number of ether oxygens (including phenoxy) is 1. The third-order valence-electron chi connectivity index (χ3n) is 5.31. The molecule has 1 amide bonds. The Morgan fingerprint density at radius 1 is 1.18 bits per heavy atom. The molecule has 33 heavy (non-hydrogen) atoms. The Balaban J connectivity index is 1.75. The van der Waals surface area contributed by atoms with Crippen molar-refractivity contribution < 1.29 is 22.3 Å². The van der Waals surface area contributed by atoms with E-state index in [2.05, 4.69) is 9.71 Å². The second-order valence-electron chi connectivity index (χ2n) is 8.74. The highest BCUT2D eigenvalue weighted by atomic mass is 32.2. The van der Waals surface area contributed by atoms with Crippen LogP contribution in [0.1, 0.15) is 31.1 Å². The molecule has 8 nitrogen and oxygen atoms in total. The predicted molar refractivity (Wildman–Crippen MR) is 122 cm³/mol. The number of nitrogens with zero attached hydrogens (tertiary/aromatic N) is 1. The Bertz CT molecular complexity index is 1380. The lowest BCUT2D eigenvalue weighted by Crippen LogP contribution is -2.53. The normalized spacial score (nSPS) is 18.3. The van der Waals surface area contributed by atoms with Crippen molar-refractivity contribution in [1.29, 1.82) is 0 Å². The number of hydrogen-bond acceptors (Lipinski definition) is 5. The number of morpholine rings is 1. The van der Waals surface area contributed by atoms with E-state index in [0.29, 0.717) is 24.0 Å². The van der Waals surface area contributed by atoms with Gasteiger partial charge in [-0.3, -0.25) is 14.3 Å². The molecule has 0 radical (unpaired) electrons. The number of aromatic nitrogens is 1. The maximum absolute atomic E-state index is 13.4. The minimum Gasteiger partial charge on any atom is -0.369 e. The molecular formula is C23H24FN3O5S. The van der Waals surface area contributed by atoms with Crippen LogP contribution in [0.3, 0.4) is 0 Å². The molecular weight excluding hydrogens is 449 g/mol. The van der Waals surface area contributed by atoms with E-state index in [4.69, 9.17) is 4.74 Å². The largest absolute Gasteiger partial charge is 0.369 e. The van der Waals surface area contributed by atoms with Crippen LogP contribution in [0.4, 0.5) is 10.1 Å². The monoisotopic (exact) mass is 473 g/mol. The highest BCUT2D eigenvalue weighted by Crippen LogP contribution is 2.26. The molecule has 3 aromatic rings. The molecule has 0 bridgehead atoms. The van der Waals surface area contributed by atoms with Crippen LogP contribution in [-0.2, 0) is 14.8 Å². The molecule has 2 aromatic carbocycles. The molecule has 0 spiro atoms. The molecule has 1 saturated heterocycles. The van der Waals surface area contributed by atoms with Gasteiger partial charge in [-0.05, 0) is 63.2 Å². The summed E-state index contributed by atoms with van der Waals surface area (Å²) in [5.74, 6) is -0.869. The van der Waals surface area contributed by atoms with Crippen molar-refractivity contribution in [2.24, 2.45) is 0 Å². The summed E-state index contributed by atoms with van der Waals surface area (Å²) in [5.41, 5.74) is -0.382. The van der Waals surface area contributed by atoms with Gasteiger partial charge < -0.3 is 14.6 Å². The van der Waals surface area contributed by atoms with Gasteiger partial charge >= 0.3 is 0 Å². The van der Waals surface area contributed by atoms with E-state index in [9.17, 15) is 22.4 Å². The minimum absolute atomic E-state index is 0.101. The molecule has 1 aromatic heterocycles. The molecule has 174 valence electrons. The number of pyridine rings is 1. The van der Waals surface area contributed by atoms with Crippen molar-refractivity contribution >= 4 is 32.5 Å². The fourth-order valence-electron chi connectivity index (χ4n) is 4.09. The van der Waals surface area contributed by atoms with Crippen molar-refractivity contribution in [2.75, 3.05) is 17.8 Å². The summed E-state index contributed by atoms with van der Waals surface area (Å²) in [6.45, 7) is 6.30. The first-order chi connectivity index (χ1) is 15.4. The highest BCUT2D eigenvalue weighted by Gasteiger charge is 2.34. The molecule has 1 aliphatic heterocycles. The fourth-order valence-corrected chi connectivity index (χ4v) is 5.17. The number of fused-ring (bicyclic) bond motifs is 1. The molecule has 1 fully saturated rings. The Labute approximate surface area is 190 Å². The first-order valence-corrected chi connectivity index (χ1v) is 11.8.